The Morgan fingerprint density at radius 1 is 1.45 bits per heavy atom. The average molecular weight is 147 g/mol. The molecule has 11 heavy (non-hydrogen) atoms. The maximum atomic E-state index is 7.28. The second-order valence-electron chi connectivity index (χ2n) is 2.59. The van der Waals surface area contributed by atoms with Gasteiger partial charge in [0.2, 0.25) is 0 Å². The molecule has 0 saturated carbocycles. The number of furan rings is 1. The molecule has 0 atom stereocenters. The Kier molecular flexibility index (Phi) is 1.19. The quantitative estimate of drug-likeness (QED) is 0.604. The normalized spacial score (nSPS) is 11.9. The van der Waals surface area contributed by atoms with E-state index in [0.29, 0.717) is 0 Å². The first-order chi connectivity index (χ1) is 5.79. The van der Waals surface area contributed by atoms with Crippen molar-refractivity contribution in [3.8, 4) is 0 Å². The van der Waals surface area contributed by atoms with Crippen molar-refractivity contribution >= 4 is 11.0 Å². The molecule has 2 aromatic rings. The van der Waals surface area contributed by atoms with Crippen molar-refractivity contribution in [1.29, 1.82) is 0 Å². The van der Waals surface area contributed by atoms with Crippen LogP contribution in [0.15, 0.2) is 34.9 Å². The van der Waals surface area contributed by atoms with Crippen molar-refractivity contribution in [2.45, 2.75) is 13.3 Å². The number of aryl methyl sites for hydroxylation is 1. The molecule has 1 aromatic heterocycles. The van der Waals surface area contributed by atoms with Gasteiger partial charge in [0.25, 0.3) is 0 Å². The minimum absolute atomic E-state index is 0.234. The van der Waals surface area contributed by atoms with Gasteiger partial charge in [-0.05, 0) is 30.2 Å². The van der Waals surface area contributed by atoms with E-state index in [4.69, 9.17) is 5.79 Å². The van der Waals surface area contributed by atoms with Gasteiger partial charge in [-0.3, -0.25) is 0 Å². The zero-order chi connectivity index (χ0) is 8.55. The van der Waals surface area contributed by atoms with E-state index in [2.05, 4.69) is 13.0 Å². The van der Waals surface area contributed by atoms with E-state index in [1.54, 1.807) is 6.07 Å². The van der Waals surface area contributed by atoms with Gasteiger partial charge in [0.15, 0.2) is 0 Å². The predicted octanol–water partition coefficient (Wildman–Crippen LogP) is 3.00. The number of fused-ring (bicyclic) bond motifs is 1. The minimum Gasteiger partial charge on any atom is -0.464 e. The summed E-state index contributed by atoms with van der Waals surface area (Å²) in [5.41, 5.74) is 2.08. The van der Waals surface area contributed by atoms with E-state index in [1.165, 1.54) is 5.56 Å². The molecule has 0 N–H and O–H groups in total. The van der Waals surface area contributed by atoms with Gasteiger partial charge in [-0.1, -0.05) is 13.0 Å². The predicted molar refractivity (Wildman–Crippen MR) is 45.6 cm³/mol. The Labute approximate surface area is 67.0 Å². The van der Waals surface area contributed by atoms with Gasteiger partial charge in [0.05, 0.1) is 6.24 Å². The van der Waals surface area contributed by atoms with Crippen LogP contribution in [-0.2, 0) is 6.42 Å². The molecule has 0 aliphatic heterocycles. The summed E-state index contributed by atoms with van der Waals surface area (Å²) in [5.74, 6) is 0. The highest BCUT2D eigenvalue weighted by molar-refractivity contribution is 5.77. The summed E-state index contributed by atoms with van der Waals surface area (Å²) in [5, 5.41) is 1.03. The summed E-state index contributed by atoms with van der Waals surface area (Å²) in [6, 6.07) is 7.77. The summed E-state index contributed by atoms with van der Waals surface area (Å²) in [6.07, 6.45) is 1.26. The van der Waals surface area contributed by atoms with E-state index in [-0.39, 0.29) is 6.24 Å². The van der Waals surface area contributed by atoms with Crippen molar-refractivity contribution in [3.63, 3.8) is 0 Å². The third-order valence-corrected chi connectivity index (χ3v) is 1.87. The van der Waals surface area contributed by atoms with Crippen LogP contribution in [0.1, 0.15) is 13.9 Å². The highest BCUT2D eigenvalue weighted by Gasteiger charge is 1.95. The Balaban J connectivity index is 2.66. The van der Waals surface area contributed by atoms with Gasteiger partial charge in [-0.15, -0.1) is 0 Å². The van der Waals surface area contributed by atoms with Gasteiger partial charge in [-0.25, -0.2) is 0 Å². The van der Waals surface area contributed by atoms with Crippen LogP contribution in [0.2, 0.25) is 0 Å². The molecule has 56 valence electrons. The van der Waals surface area contributed by atoms with Crippen LogP contribution in [0.5, 0.6) is 0 Å². The molecule has 0 radical (unpaired) electrons. The molecular formula is C10H10O. The Morgan fingerprint density at radius 2 is 2.36 bits per heavy atom. The number of benzene rings is 1. The van der Waals surface area contributed by atoms with Crippen LogP contribution >= 0.6 is 0 Å². The third kappa shape index (κ3) is 1.03. The second kappa shape index (κ2) is 2.42. The SMILES string of the molecule is [2H]c1cc2cc(CC)ccc2o1. The van der Waals surface area contributed by atoms with E-state index in [0.717, 1.165) is 17.4 Å². The fraction of sp³-hybridized carbons (Fsp3) is 0.200. The molecule has 1 nitrogen and oxygen atoms in total. The molecule has 0 fully saturated rings. The van der Waals surface area contributed by atoms with Crippen LogP contribution < -0.4 is 0 Å². The lowest BCUT2D eigenvalue weighted by Gasteiger charge is -1.93. The van der Waals surface area contributed by atoms with Gasteiger partial charge in [-0.2, -0.15) is 0 Å². The maximum Gasteiger partial charge on any atom is 0.133 e. The molecule has 0 aliphatic carbocycles. The third-order valence-electron chi connectivity index (χ3n) is 1.87. The first-order valence-corrected chi connectivity index (χ1v) is 3.78. The van der Waals surface area contributed by atoms with Crippen molar-refractivity contribution in [2.24, 2.45) is 0 Å². The molecular weight excluding hydrogens is 136 g/mol. The van der Waals surface area contributed by atoms with Crippen molar-refractivity contribution in [1.82, 2.24) is 0 Å². The van der Waals surface area contributed by atoms with Crippen molar-refractivity contribution < 1.29 is 5.79 Å². The lowest BCUT2D eigenvalue weighted by Crippen LogP contribution is -1.76. The average Bonchev–Trinajstić information content (AvgIpc) is 2.43. The molecule has 0 bridgehead atoms. The summed E-state index contributed by atoms with van der Waals surface area (Å²) in [7, 11) is 0. The molecule has 0 aliphatic rings. The second-order valence-corrected chi connectivity index (χ2v) is 2.59. The van der Waals surface area contributed by atoms with Gasteiger partial charge in [0.1, 0.15) is 6.95 Å². The molecule has 1 aromatic carbocycles. The van der Waals surface area contributed by atoms with Crippen molar-refractivity contribution in [2.75, 3.05) is 0 Å². The summed E-state index contributed by atoms with van der Waals surface area (Å²) in [4.78, 5) is 0. The zero-order valence-electron chi connectivity index (χ0n) is 7.42. The first-order valence-electron chi connectivity index (χ1n) is 4.28. The lowest BCUT2D eigenvalue weighted by atomic mass is 10.1. The molecule has 0 spiro atoms. The smallest absolute Gasteiger partial charge is 0.133 e. The van der Waals surface area contributed by atoms with Crippen LogP contribution in [0.3, 0.4) is 0 Å². The molecule has 0 unspecified atom stereocenters. The van der Waals surface area contributed by atoms with Gasteiger partial charge < -0.3 is 4.42 Å². The highest BCUT2D eigenvalue weighted by atomic mass is 16.3. The van der Waals surface area contributed by atoms with Gasteiger partial charge in [0, 0.05) is 5.39 Å². The summed E-state index contributed by atoms with van der Waals surface area (Å²) < 4.78 is 12.4. The van der Waals surface area contributed by atoms with E-state index in [9.17, 15) is 0 Å². The van der Waals surface area contributed by atoms with E-state index < -0.39 is 0 Å². The fourth-order valence-electron chi connectivity index (χ4n) is 1.18. The van der Waals surface area contributed by atoms with Gasteiger partial charge >= 0.3 is 0 Å². The maximum absolute atomic E-state index is 7.28. The Hall–Kier alpha value is -1.24. The van der Waals surface area contributed by atoms with Crippen LogP contribution in [0.25, 0.3) is 11.0 Å². The van der Waals surface area contributed by atoms with Crippen molar-refractivity contribution in [3.05, 3.63) is 36.1 Å². The largest absolute Gasteiger partial charge is 0.464 e. The Morgan fingerprint density at radius 3 is 3.18 bits per heavy atom. The standard InChI is InChI=1S/C10H10O/c1-2-8-3-4-10-9(7-8)5-6-11-10/h3-7H,2H2,1H3/i6D. The van der Waals surface area contributed by atoms with E-state index >= 15 is 0 Å². The van der Waals surface area contributed by atoms with E-state index in [1.807, 2.05) is 12.1 Å². The fourth-order valence-corrected chi connectivity index (χ4v) is 1.18. The molecule has 2 rings (SSSR count). The number of hydrogen-bond acceptors (Lipinski definition) is 1. The van der Waals surface area contributed by atoms with Crippen LogP contribution in [0.4, 0.5) is 0 Å². The Bertz CT molecular complexity index is 403. The van der Waals surface area contributed by atoms with Crippen LogP contribution in [-0.4, -0.2) is 0 Å². The van der Waals surface area contributed by atoms with Crippen LogP contribution in [0, 0.1) is 0 Å². The highest BCUT2D eigenvalue weighted by Crippen LogP contribution is 2.16. The number of rotatable bonds is 1. The molecule has 0 saturated heterocycles. The topological polar surface area (TPSA) is 13.1 Å². The molecule has 1 heteroatoms. The summed E-state index contributed by atoms with van der Waals surface area (Å²) in [6.45, 7) is 2.11. The molecule has 1 heterocycles. The zero-order valence-corrected chi connectivity index (χ0v) is 6.42. The molecule has 0 amide bonds. The summed E-state index contributed by atoms with van der Waals surface area (Å²) >= 11 is 0. The first kappa shape index (κ1) is 5.42. The monoisotopic (exact) mass is 147 g/mol. The minimum atomic E-state index is 0.234. The number of hydrogen-bond donors (Lipinski definition) is 0. The lowest BCUT2D eigenvalue weighted by molar-refractivity contribution is 0.616.